The van der Waals surface area contributed by atoms with Gasteiger partial charge in [0.1, 0.15) is 0 Å². The van der Waals surface area contributed by atoms with Crippen LogP contribution in [-0.2, 0) is 17.8 Å². The number of likely N-dealkylation sites (tertiary alicyclic amines) is 1. The van der Waals surface area contributed by atoms with E-state index in [1.807, 2.05) is 31.2 Å². The van der Waals surface area contributed by atoms with Crippen molar-refractivity contribution in [3.8, 4) is 0 Å². The van der Waals surface area contributed by atoms with Gasteiger partial charge in [-0.05, 0) is 18.1 Å². The van der Waals surface area contributed by atoms with Crippen molar-refractivity contribution < 1.29 is 15.0 Å². The van der Waals surface area contributed by atoms with Crippen LogP contribution in [-0.4, -0.2) is 39.8 Å². The molecule has 4 nitrogen and oxygen atoms in total. The molecule has 1 aliphatic heterocycles. The van der Waals surface area contributed by atoms with Gasteiger partial charge in [-0.2, -0.15) is 0 Å². The fourth-order valence-electron chi connectivity index (χ4n) is 2.32. The summed E-state index contributed by atoms with van der Waals surface area (Å²) in [6, 6.07) is 7.57. The Kier molecular flexibility index (Phi) is 3.17. The Balaban J connectivity index is 2.03. The molecule has 2 rings (SSSR count). The molecule has 1 aromatic carbocycles. The highest BCUT2D eigenvalue weighted by molar-refractivity contribution is 5.70. The predicted molar refractivity (Wildman–Crippen MR) is 63.7 cm³/mol. The molecule has 1 aliphatic rings. The lowest BCUT2D eigenvalue weighted by Gasteiger charge is -2.44. The first-order valence-electron chi connectivity index (χ1n) is 5.70. The summed E-state index contributed by atoms with van der Waals surface area (Å²) in [5, 5.41) is 18.5. The molecule has 0 bridgehead atoms. The van der Waals surface area contributed by atoms with E-state index >= 15 is 0 Å². The topological polar surface area (TPSA) is 60.8 Å². The van der Waals surface area contributed by atoms with Gasteiger partial charge in [0.2, 0.25) is 0 Å². The van der Waals surface area contributed by atoms with Crippen LogP contribution in [0.5, 0.6) is 0 Å². The molecular formula is C13H17NO3. The van der Waals surface area contributed by atoms with Gasteiger partial charge in [-0.15, -0.1) is 0 Å². The van der Waals surface area contributed by atoms with E-state index in [1.54, 1.807) is 0 Å². The maximum Gasteiger partial charge on any atom is 0.307 e. The number of benzene rings is 1. The van der Waals surface area contributed by atoms with Crippen LogP contribution in [0.2, 0.25) is 0 Å². The third-order valence-corrected chi connectivity index (χ3v) is 2.98. The number of β-amino-alcohol motifs (C(OH)–C–C–N with tert-alkyl or cyclic N) is 1. The Morgan fingerprint density at radius 3 is 2.47 bits per heavy atom. The molecule has 0 radical (unpaired) electrons. The highest BCUT2D eigenvalue weighted by atomic mass is 16.4. The second-order valence-electron chi connectivity index (χ2n) is 4.98. The summed E-state index contributed by atoms with van der Waals surface area (Å²) in [5.41, 5.74) is 1.30. The van der Waals surface area contributed by atoms with E-state index < -0.39 is 11.6 Å². The molecule has 0 saturated carbocycles. The molecule has 1 fully saturated rings. The molecule has 1 saturated heterocycles. The summed E-state index contributed by atoms with van der Waals surface area (Å²) >= 11 is 0. The van der Waals surface area contributed by atoms with Crippen LogP contribution in [0.25, 0.3) is 0 Å². The number of hydrogen-bond acceptors (Lipinski definition) is 3. The van der Waals surface area contributed by atoms with Gasteiger partial charge < -0.3 is 10.2 Å². The number of aliphatic hydroxyl groups is 1. The highest BCUT2D eigenvalue weighted by Gasteiger charge is 2.36. The summed E-state index contributed by atoms with van der Waals surface area (Å²) in [4.78, 5) is 12.9. The molecule has 0 unspecified atom stereocenters. The molecule has 0 amide bonds. The van der Waals surface area contributed by atoms with Gasteiger partial charge in [0.15, 0.2) is 0 Å². The Labute approximate surface area is 100 Å². The third-order valence-electron chi connectivity index (χ3n) is 2.98. The quantitative estimate of drug-likeness (QED) is 0.813. The van der Waals surface area contributed by atoms with E-state index in [2.05, 4.69) is 4.90 Å². The monoisotopic (exact) mass is 235 g/mol. The fourth-order valence-corrected chi connectivity index (χ4v) is 2.32. The third kappa shape index (κ3) is 3.05. The van der Waals surface area contributed by atoms with Gasteiger partial charge in [-0.25, -0.2) is 0 Å². The Morgan fingerprint density at radius 1 is 1.35 bits per heavy atom. The van der Waals surface area contributed by atoms with Crippen LogP contribution in [0, 0.1) is 0 Å². The highest BCUT2D eigenvalue weighted by Crippen LogP contribution is 2.23. The summed E-state index contributed by atoms with van der Waals surface area (Å²) in [5.74, 6) is -0.812. The lowest BCUT2D eigenvalue weighted by molar-refractivity contribution is -0.136. The molecule has 1 heterocycles. The minimum absolute atomic E-state index is 0.0560. The summed E-state index contributed by atoms with van der Waals surface area (Å²) in [6.07, 6.45) is 0.0560. The SMILES string of the molecule is CC1(O)CN(Cc2ccccc2CC(=O)O)C1. The first-order valence-corrected chi connectivity index (χ1v) is 5.70. The number of nitrogens with zero attached hydrogens (tertiary/aromatic N) is 1. The lowest BCUT2D eigenvalue weighted by atomic mass is 9.95. The number of carbonyl (C=O) groups is 1. The van der Waals surface area contributed by atoms with Crippen molar-refractivity contribution in [2.45, 2.75) is 25.5 Å². The second-order valence-corrected chi connectivity index (χ2v) is 4.98. The van der Waals surface area contributed by atoms with Crippen LogP contribution < -0.4 is 0 Å². The van der Waals surface area contributed by atoms with Crippen molar-refractivity contribution in [2.75, 3.05) is 13.1 Å². The van der Waals surface area contributed by atoms with Crippen LogP contribution in [0.4, 0.5) is 0 Å². The molecular weight excluding hydrogens is 218 g/mol. The van der Waals surface area contributed by atoms with Crippen LogP contribution in [0.15, 0.2) is 24.3 Å². The minimum atomic E-state index is -0.812. The van der Waals surface area contributed by atoms with E-state index in [1.165, 1.54) is 0 Å². The number of hydrogen-bond donors (Lipinski definition) is 2. The molecule has 4 heteroatoms. The van der Waals surface area contributed by atoms with Crippen LogP contribution >= 0.6 is 0 Å². The maximum absolute atomic E-state index is 10.7. The fraction of sp³-hybridized carbons (Fsp3) is 0.462. The van der Waals surface area contributed by atoms with Gasteiger partial charge in [0, 0.05) is 19.6 Å². The van der Waals surface area contributed by atoms with Crippen molar-refractivity contribution in [3.63, 3.8) is 0 Å². The van der Waals surface area contributed by atoms with E-state index in [0.29, 0.717) is 19.6 Å². The first-order chi connectivity index (χ1) is 7.96. The number of aliphatic carboxylic acids is 1. The zero-order valence-electron chi connectivity index (χ0n) is 9.89. The Hall–Kier alpha value is -1.39. The molecule has 2 N–H and O–H groups in total. The van der Waals surface area contributed by atoms with Gasteiger partial charge >= 0.3 is 5.97 Å². The largest absolute Gasteiger partial charge is 0.481 e. The van der Waals surface area contributed by atoms with E-state index in [0.717, 1.165) is 11.1 Å². The molecule has 0 aliphatic carbocycles. The Morgan fingerprint density at radius 2 is 1.94 bits per heavy atom. The molecule has 1 aromatic rings. The first kappa shape index (κ1) is 12.1. The molecule has 17 heavy (non-hydrogen) atoms. The predicted octanol–water partition coefficient (Wildman–Crippen LogP) is 0.880. The molecule has 0 aromatic heterocycles. The van der Waals surface area contributed by atoms with Crippen LogP contribution in [0.1, 0.15) is 18.1 Å². The number of carboxylic acid groups (broad SMARTS) is 1. The van der Waals surface area contributed by atoms with Gasteiger partial charge in [0.25, 0.3) is 0 Å². The zero-order chi connectivity index (χ0) is 12.5. The smallest absolute Gasteiger partial charge is 0.307 e. The maximum atomic E-state index is 10.7. The summed E-state index contributed by atoms with van der Waals surface area (Å²) < 4.78 is 0. The second kappa shape index (κ2) is 4.47. The number of rotatable bonds is 4. The zero-order valence-corrected chi connectivity index (χ0v) is 9.89. The minimum Gasteiger partial charge on any atom is -0.481 e. The average molecular weight is 235 g/mol. The van der Waals surface area contributed by atoms with Crippen molar-refractivity contribution in [1.82, 2.24) is 4.90 Å². The van der Waals surface area contributed by atoms with Gasteiger partial charge in [0.05, 0.1) is 12.0 Å². The van der Waals surface area contributed by atoms with Gasteiger partial charge in [-0.1, -0.05) is 24.3 Å². The number of carboxylic acids is 1. The van der Waals surface area contributed by atoms with E-state index in [4.69, 9.17) is 5.11 Å². The van der Waals surface area contributed by atoms with Crippen LogP contribution in [0.3, 0.4) is 0 Å². The van der Waals surface area contributed by atoms with Crippen molar-refractivity contribution in [2.24, 2.45) is 0 Å². The average Bonchev–Trinajstić information content (AvgIpc) is 2.17. The van der Waals surface area contributed by atoms with Gasteiger partial charge in [-0.3, -0.25) is 9.69 Å². The molecule has 0 spiro atoms. The standard InChI is InChI=1S/C13H17NO3/c1-13(17)8-14(9-13)7-11-5-3-2-4-10(11)6-12(15)16/h2-5,17H,6-9H2,1H3,(H,15,16). The van der Waals surface area contributed by atoms with Crippen molar-refractivity contribution in [1.29, 1.82) is 0 Å². The molecule has 0 atom stereocenters. The Bertz CT molecular complexity index is 420. The summed E-state index contributed by atoms with van der Waals surface area (Å²) in [6.45, 7) is 3.81. The van der Waals surface area contributed by atoms with E-state index in [9.17, 15) is 9.90 Å². The lowest BCUT2D eigenvalue weighted by Crippen LogP contribution is -2.59. The summed E-state index contributed by atoms with van der Waals surface area (Å²) in [7, 11) is 0. The van der Waals surface area contributed by atoms with Crippen molar-refractivity contribution in [3.05, 3.63) is 35.4 Å². The molecule has 92 valence electrons. The van der Waals surface area contributed by atoms with E-state index in [-0.39, 0.29) is 6.42 Å². The normalized spacial score (nSPS) is 18.7. The van der Waals surface area contributed by atoms with Crippen molar-refractivity contribution >= 4 is 5.97 Å².